The number of carbonyl (C=O) groups excluding carboxylic acids is 1. The lowest BCUT2D eigenvalue weighted by Gasteiger charge is -2.36. The van der Waals surface area contributed by atoms with Crippen molar-refractivity contribution in [1.29, 1.82) is 0 Å². The van der Waals surface area contributed by atoms with Crippen LogP contribution < -0.4 is 4.90 Å². The molecule has 0 aliphatic carbocycles. The molecule has 0 unspecified atom stereocenters. The molecule has 0 radical (unpaired) electrons. The van der Waals surface area contributed by atoms with E-state index in [2.05, 4.69) is 36.1 Å². The predicted octanol–water partition coefficient (Wildman–Crippen LogP) is 2.86. The molecule has 2 heterocycles. The Hall–Kier alpha value is -2.23. The van der Waals surface area contributed by atoms with Gasteiger partial charge in [-0.2, -0.15) is 0 Å². The first-order chi connectivity index (χ1) is 10.1. The van der Waals surface area contributed by atoms with Gasteiger partial charge in [0.2, 0.25) is 0 Å². The smallest absolute Gasteiger partial charge is 0.289 e. The second-order valence-electron chi connectivity index (χ2n) is 5.55. The van der Waals surface area contributed by atoms with E-state index in [4.69, 9.17) is 4.42 Å². The van der Waals surface area contributed by atoms with Crippen LogP contribution in [0, 0.1) is 13.8 Å². The minimum Gasteiger partial charge on any atom is -0.459 e. The highest BCUT2D eigenvalue weighted by Crippen LogP contribution is 2.19. The Kier molecular flexibility index (Phi) is 3.69. The molecule has 1 aromatic heterocycles. The van der Waals surface area contributed by atoms with E-state index in [9.17, 15) is 4.79 Å². The van der Waals surface area contributed by atoms with Crippen LogP contribution in [0.4, 0.5) is 5.69 Å². The number of carbonyl (C=O) groups is 1. The Balaban J connectivity index is 1.65. The predicted molar refractivity (Wildman–Crippen MR) is 82.7 cm³/mol. The summed E-state index contributed by atoms with van der Waals surface area (Å²) in [5.41, 5.74) is 3.40. The van der Waals surface area contributed by atoms with Gasteiger partial charge in [0.05, 0.1) is 6.26 Å². The lowest BCUT2D eigenvalue weighted by Crippen LogP contribution is -2.48. The number of amides is 1. The molecule has 1 saturated heterocycles. The Morgan fingerprint density at radius 1 is 1.10 bits per heavy atom. The van der Waals surface area contributed by atoms with Crippen LogP contribution in [0.5, 0.6) is 0 Å². The van der Waals surface area contributed by atoms with Crippen molar-refractivity contribution in [3.05, 3.63) is 53.5 Å². The third-order valence-electron chi connectivity index (χ3n) is 3.99. The van der Waals surface area contributed by atoms with Crippen LogP contribution in [0.1, 0.15) is 21.7 Å². The maximum atomic E-state index is 12.4. The first-order valence-electron chi connectivity index (χ1n) is 7.30. The van der Waals surface area contributed by atoms with Crippen molar-refractivity contribution in [3.63, 3.8) is 0 Å². The minimum atomic E-state index is 0.00129. The number of aryl methyl sites for hydroxylation is 2. The largest absolute Gasteiger partial charge is 0.459 e. The van der Waals surface area contributed by atoms with E-state index < -0.39 is 0 Å². The summed E-state index contributed by atoms with van der Waals surface area (Å²) in [6, 6.07) is 10.3. The number of piperazine rings is 1. The van der Waals surface area contributed by atoms with Gasteiger partial charge in [0.25, 0.3) is 5.91 Å². The molecule has 0 atom stereocenters. The van der Waals surface area contributed by atoms with Gasteiger partial charge < -0.3 is 14.2 Å². The molecule has 3 rings (SSSR count). The molecule has 1 aliphatic rings. The Morgan fingerprint density at radius 2 is 1.86 bits per heavy atom. The molecule has 4 heteroatoms. The standard InChI is InChI=1S/C17H20N2O2/c1-13-4-3-5-15(12-13)18-7-9-19(10-8-18)17(20)16-14(2)6-11-21-16/h3-6,11-12H,7-10H2,1-2H3. The average Bonchev–Trinajstić information content (AvgIpc) is 2.93. The number of rotatable bonds is 2. The van der Waals surface area contributed by atoms with Gasteiger partial charge in [0.1, 0.15) is 0 Å². The molecule has 2 aromatic rings. The molecule has 0 spiro atoms. The fourth-order valence-corrected chi connectivity index (χ4v) is 2.73. The zero-order valence-corrected chi connectivity index (χ0v) is 12.5. The monoisotopic (exact) mass is 284 g/mol. The van der Waals surface area contributed by atoms with Crippen LogP contribution in [0.15, 0.2) is 41.0 Å². The van der Waals surface area contributed by atoms with E-state index in [1.807, 2.05) is 17.9 Å². The SMILES string of the molecule is Cc1cccc(N2CCN(C(=O)c3occc3C)CC2)c1. The molecule has 1 fully saturated rings. The van der Waals surface area contributed by atoms with Crippen LogP contribution in [-0.2, 0) is 0 Å². The molecular formula is C17H20N2O2. The Labute approximate surface area is 125 Å². The molecule has 0 bridgehead atoms. The van der Waals surface area contributed by atoms with E-state index in [1.165, 1.54) is 11.3 Å². The van der Waals surface area contributed by atoms with Crippen molar-refractivity contribution in [2.75, 3.05) is 31.1 Å². The number of benzene rings is 1. The maximum absolute atomic E-state index is 12.4. The van der Waals surface area contributed by atoms with Crippen LogP contribution in [0.25, 0.3) is 0 Å². The van der Waals surface area contributed by atoms with Gasteiger partial charge in [-0.3, -0.25) is 4.79 Å². The second kappa shape index (κ2) is 5.64. The fourth-order valence-electron chi connectivity index (χ4n) is 2.73. The lowest BCUT2D eigenvalue weighted by atomic mass is 10.2. The summed E-state index contributed by atoms with van der Waals surface area (Å²) in [6.07, 6.45) is 1.57. The topological polar surface area (TPSA) is 36.7 Å². The van der Waals surface area contributed by atoms with E-state index in [0.717, 1.165) is 31.7 Å². The van der Waals surface area contributed by atoms with Crippen LogP contribution in [-0.4, -0.2) is 37.0 Å². The van der Waals surface area contributed by atoms with Gasteiger partial charge in [-0.05, 0) is 37.6 Å². The number of furan rings is 1. The van der Waals surface area contributed by atoms with Crippen molar-refractivity contribution >= 4 is 11.6 Å². The number of hydrogen-bond donors (Lipinski definition) is 0. The molecule has 21 heavy (non-hydrogen) atoms. The highest BCUT2D eigenvalue weighted by atomic mass is 16.3. The molecule has 110 valence electrons. The van der Waals surface area contributed by atoms with E-state index in [1.54, 1.807) is 6.26 Å². The maximum Gasteiger partial charge on any atom is 0.289 e. The summed E-state index contributed by atoms with van der Waals surface area (Å²) >= 11 is 0. The van der Waals surface area contributed by atoms with E-state index in [-0.39, 0.29) is 5.91 Å². The quantitative estimate of drug-likeness (QED) is 0.851. The Bertz CT molecular complexity index is 640. The first-order valence-corrected chi connectivity index (χ1v) is 7.30. The van der Waals surface area contributed by atoms with Crippen LogP contribution in [0.2, 0.25) is 0 Å². The van der Waals surface area contributed by atoms with Gasteiger partial charge in [-0.1, -0.05) is 12.1 Å². The highest BCUT2D eigenvalue weighted by molar-refractivity contribution is 5.93. The molecule has 1 aromatic carbocycles. The van der Waals surface area contributed by atoms with Crippen molar-refractivity contribution in [3.8, 4) is 0 Å². The van der Waals surface area contributed by atoms with E-state index in [0.29, 0.717) is 5.76 Å². The first kappa shape index (κ1) is 13.7. The number of hydrogen-bond acceptors (Lipinski definition) is 3. The average molecular weight is 284 g/mol. The summed E-state index contributed by atoms with van der Waals surface area (Å²) in [5.74, 6) is 0.473. The Morgan fingerprint density at radius 3 is 2.48 bits per heavy atom. The van der Waals surface area contributed by atoms with Crippen molar-refractivity contribution in [1.82, 2.24) is 4.90 Å². The third kappa shape index (κ3) is 2.79. The van der Waals surface area contributed by atoms with Crippen molar-refractivity contribution < 1.29 is 9.21 Å². The normalized spacial score (nSPS) is 15.3. The van der Waals surface area contributed by atoms with Crippen LogP contribution in [0.3, 0.4) is 0 Å². The lowest BCUT2D eigenvalue weighted by molar-refractivity contribution is 0.0713. The van der Waals surface area contributed by atoms with Gasteiger partial charge in [0.15, 0.2) is 5.76 Å². The third-order valence-corrected chi connectivity index (χ3v) is 3.99. The van der Waals surface area contributed by atoms with Crippen LogP contribution >= 0.6 is 0 Å². The molecule has 0 N–H and O–H groups in total. The van der Waals surface area contributed by atoms with Gasteiger partial charge in [0, 0.05) is 37.4 Å². The minimum absolute atomic E-state index is 0.00129. The second-order valence-corrected chi connectivity index (χ2v) is 5.55. The van der Waals surface area contributed by atoms with Gasteiger partial charge in [-0.25, -0.2) is 0 Å². The summed E-state index contributed by atoms with van der Waals surface area (Å²) in [5, 5.41) is 0. The molecule has 4 nitrogen and oxygen atoms in total. The highest BCUT2D eigenvalue weighted by Gasteiger charge is 2.25. The number of nitrogens with zero attached hydrogens (tertiary/aromatic N) is 2. The fraction of sp³-hybridized carbons (Fsp3) is 0.353. The van der Waals surface area contributed by atoms with Crippen molar-refractivity contribution in [2.45, 2.75) is 13.8 Å². The summed E-state index contributed by atoms with van der Waals surface area (Å²) in [6.45, 7) is 7.17. The summed E-state index contributed by atoms with van der Waals surface area (Å²) in [7, 11) is 0. The zero-order valence-electron chi connectivity index (χ0n) is 12.5. The van der Waals surface area contributed by atoms with Gasteiger partial charge >= 0.3 is 0 Å². The van der Waals surface area contributed by atoms with Crippen molar-refractivity contribution in [2.24, 2.45) is 0 Å². The molecule has 1 amide bonds. The summed E-state index contributed by atoms with van der Waals surface area (Å²) in [4.78, 5) is 16.6. The van der Waals surface area contributed by atoms with E-state index >= 15 is 0 Å². The van der Waals surface area contributed by atoms with Gasteiger partial charge in [-0.15, -0.1) is 0 Å². The zero-order chi connectivity index (χ0) is 14.8. The number of anilines is 1. The molecular weight excluding hydrogens is 264 g/mol. The molecule has 0 saturated carbocycles. The summed E-state index contributed by atoms with van der Waals surface area (Å²) < 4.78 is 5.30. The molecule has 1 aliphatic heterocycles.